The van der Waals surface area contributed by atoms with E-state index in [2.05, 4.69) is 47.0 Å². The highest BCUT2D eigenvalue weighted by Crippen LogP contribution is 2.26. The lowest BCUT2D eigenvalue weighted by Gasteiger charge is -2.14. The minimum absolute atomic E-state index is 0.0356. The Morgan fingerprint density at radius 3 is 2.71 bits per heavy atom. The molecule has 0 aliphatic carbocycles. The molecule has 0 saturated heterocycles. The van der Waals surface area contributed by atoms with Crippen LogP contribution in [-0.2, 0) is 10.2 Å². The number of hydrogen-bond acceptors (Lipinski definition) is 3. The molecule has 1 heterocycles. The molecule has 1 aromatic rings. The molecule has 0 radical (unpaired) electrons. The van der Waals surface area contributed by atoms with Crippen molar-refractivity contribution in [2.75, 3.05) is 10.6 Å². The van der Waals surface area contributed by atoms with E-state index in [1.807, 2.05) is 5.38 Å². The standard InChI is InChI=1S/C9H13BrN2OS/c1-9(2,3)6-5-14-8(11-6)12-7(13)4-10/h5H,4H2,1-3H3,(H,11,12,13). The zero-order valence-electron chi connectivity index (χ0n) is 8.43. The Hall–Kier alpha value is -0.420. The highest BCUT2D eigenvalue weighted by atomic mass is 79.9. The molecule has 0 aliphatic heterocycles. The SMILES string of the molecule is CC(C)(C)c1csc(NC(=O)CBr)n1. The molecule has 0 fully saturated rings. The first-order valence-corrected chi connectivity index (χ1v) is 6.25. The van der Waals surface area contributed by atoms with Crippen molar-refractivity contribution in [2.24, 2.45) is 0 Å². The van der Waals surface area contributed by atoms with Crippen LogP contribution < -0.4 is 5.32 Å². The van der Waals surface area contributed by atoms with Crippen molar-refractivity contribution < 1.29 is 4.79 Å². The summed E-state index contributed by atoms with van der Waals surface area (Å²) < 4.78 is 0. The zero-order valence-corrected chi connectivity index (χ0v) is 10.8. The first-order chi connectivity index (χ1) is 6.43. The molecule has 14 heavy (non-hydrogen) atoms. The highest BCUT2D eigenvalue weighted by molar-refractivity contribution is 9.09. The minimum atomic E-state index is -0.0696. The molecule has 0 spiro atoms. The molecular weight excluding hydrogens is 264 g/mol. The van der Waals surface area contributed by atoms with E-state index in [0.29, 0.717) is 10.5 Å². The molecule has 0 aliphatic rings. The van der Waals surface area contributed by atoms with Gasteiger partial charge < -0.3 is 5.32 Å². The van der Waals surface area contributed by atoms with E-state index in [-0.39, 0.29) is 11.3 Å². The number of alkyl halides is 1. The lowest BCUT2D eigenvalue weighted by Crippen LogP contribution is -2.14. The van der Waals surface area contributed by atoms with Gasteiger partial charge in [0.15, 0.2) is 5.13 Å². The molecule has 0 unspecified atom stereocenters. The molecule has 3 nitrogen and oxygen atoms in total. The lowest BCUT2D eigenvalue weighted by molar-refractivity contribution is -0.113. The fourth-order valence-corrected chi connectivity index (χ4v) is 1.92. The van der Waals surface area contributed by atoms with E-state index in [1.54, 1.807) is 0 Å². The number of amides is 1. The third kappa shape index (κ3) is 3.06. The van der Waals surface area contributed by atoms with Crippen LogP contribution in [0.25, 0.3) is 0 Å². The maximum atomic E-state index is 11.0. The molecule has 5 heteroatoms. The average Bonchev–Trinajstić information content (AvgIpc) is 2.51. The van der Waals surface area contributed by atoms with Crippen molar-refractivity contribution in [3.05, 3.63) is 11.1 Å². The highest BCUT2D eigenvalue weighted by Gasteiger charge is 2.17. The average molecular weight is 277 g/mol. The summed E-state index contributed by atoms with van der Waals surface area (Å²) in [5.41, 5.74) is 1.04. The van der Waals surface area contributed by atoms with E-state index in [0.717, 1.165) is 5.69 Å². The molecule has 1 amide bonds. The van der Waals surface area contributed by atoms with E-state index in [4.69, 9.17) is 0 Å². The van der Waals surface area contributed by atoms with Crippen LogP contribution in [0, 0.1) is 0 Å². The molecule has 0 aromatic carbocycles. The van der Waals surface area contributed by atoms with Crippen LogP contribution in [0.2, 0.25) is 0 Å². The van der Waals surface area contributed by atoms with Gasteiger partial charge in [-0.15, -0.1) is 11.3 Å². The van der Waals surface area contributed by atoms with Crippen molar-refractivity contribution in [1.29, 1.82) is 0 Å². The number of anilines is 1. The minimum Gasteiger partial charge on any atom is -0.301 e. The normalized spacial score (nSPS) is 11.4. The van der Waals surface area contributed by atoms with Gasteiger partial charge in [-0.05, 0) is 0 Å². The molecule has 0 atom stereocenters. The van der Waals surface area contributed by atoms with Crippen LogP contribution in [0.15, 0.2) is 5.38 Å². The summed E-state index contributed by atoms with van der Waals surface area (Å²) >= 11 is 4.54. The van der Waals surface area contributed by atoms with Crippen LogP contribution in [-0.4, -0.2) is 16.2 Å². The number of thiazole rings is 1. The van der Waals surface area contributed by atoms with Crippen molar-refractivity contribution >= 4 is 38.3 Å². The van der Waals surface area contributed by atoms with E-state index >= 15 is 0 Å². The smallest absolute Gasteiger partial charge is 0.236 e. The number of aromatic nitrogens is 1. The summed E-state index contributed by atoms with van der Waals surface area (Å²) in [6.07, 6.45) is 0. The van der Waals surface area contributed by atoms with Crippen LogP contribution in [0.4, 0.5) is 5.13 Å². The van der Waals surface area contributed by atoms with Gasteiger partial charge in [-0.25, -0.2) is 4.98 Å². The molecule has 1 N–H and O–H groups in total. The van der Waals surface area contributed by atoms with Gasteiger partial charge in [0, 0.05) is 10.8 Å². The number of carbonyl (C=O) groups excluding carboxylic acids is 1. The maximum absolute atomic E-state index is 11.0. The Kier molecular flexibility index (Phi) is 3.66. The number of rotatable bonds is 2. The van der Waals surface area contributed by atoms with Crippen LogP contribution in [0.5, 0.6) is 0 Å². The molecule has 1 aromatic heterocycles. The first kappa shape index (κ1) is 11.7. The third-order valence-electron chi connectivity index (χ3n) is 1.64. The summed E-state index contributed by atoms with van der Waals surface area (Å²) in [7, 11) is 0. The van der Waals surface area contributed by atoms with Crippen molar-refractivity contribution in [3.8, 4) is 0 Å². The van der Waals surface area contributed by atoms with Gasteiger partial charge in [0.05, 0.1) is 11.0 Å². The Labute approximate surface area is 96.1 Å². The second kappa shape index (κ2) is 4.40. The van der Waals surface area contributed by atoms with Gasteiger partial charge in [-0.1, -0.05) is 36.7 Å². The summed E-state index contributed by atoms with van der Waals surface area (Å²) in [5.74, 6) is -0.0696. The molecule has 1 rings (SSSR count). The van der Waals surface area contributed by atoms with E-state index in [9.17, 15) is 4.79 Å². The number of nitrogens with zero attached hydrogens (tertiary/aromatic N) is 1. The van der Waals surface area contributed by atoms with Gasteiger partial charge in [0.2, 0.25) is 5.91 Å². The van der Waals surface area contributed by atoms with Gasteiger partial charge >= 0.3 is 0 Å². The summed E-state index contributed by atoms with van der Waals surface area (Å²) in [6, 6.07) is 0. The Morgan fingerprint density at radius 1 is 1.64 bits per heavy atom. The maximum Gasteiger partial charge on any atom is 0.236 e. The molecular formula is C9H13BrN2OS. The lowest BCUT2D eigenvalue weighted by atomic mass is 9.93. The Morgan fingerprint density at radius 2 is 2.29 bits per heavy atom. The van der Waals surface area contributed by atoms with Crippen molar-refractivity contribution in [1.82, 2.24) is 4.98 Å². The van der Waals surface area contributed by atoms with Gasteiger partial charge in [0.25, 0.3) is 0 Å². The predicted molar refractivity (Wildman–Crippen MR) is 63.2 cm³/mol. The Bertz CT molecular complexity index is 330. The van der Waals surface area contributed by atoms with Gasteiger partial charge in [-0.3, -0.25) is 4.79 Å². The second-order valence-corrected chi connectivity index (χ2v) is 5.39. The van der Waals surface area contributed by atoms with E-state index in [1.165, 1.54) is 11.3 Å². The topological polar surface area (TPSA) is 42.0 Å². The first-order valence-electron chi connectivity index (χ1n) is 4.25. The van der Waals surface area contributed by atoms with Crippen molar-refractivity contribution in [2.45, 2.75) is 26.2 Å². The van der Waals surface area contributed by atoms with Gasteiger partial charge in [0.1, 0.15) is 0 Å². The fraction of sp³-hybridized carbons (Fsp3) is 0.556. The summed E-state index contributed by atoms with van der Waals surface area (Å²) in [4.78, 5) is 15.4. The van der Waals surface area contributed by atoms with Crippen molar-refractivity contribution in [3.63, 3.8) is 0 Å². The van der Waals surface area contributed by atoms with Crippen LogP contribution >= 0.6 is 27.3 Å². The predicted octanol–water partition coefficient (Wildman–Crippen LogP) is 2.77. The fourth-order valence-electron chi connectivity index (χ4n) is 0.828. The number of halogens is 1. The quantitative estimate of drug-likeness (QED) is 0.844. The zero-order chi connectivity index (χ0) is 10.8. The number of carbonyl (C=O) groups is 1. The summed E-state index contributed by atoms with van der Waals surface area (Å²) in [6.45, 7) is 6.29. The molecule has 0 bridgehead atoms. The largest absolute Gasteiger partial charge is 0.301 e. The summed E-state index contributed by atoms with van der Waals surface area (Å²) in [5, 5.41) is 5.65. The van der Waals surface area contributed by atoms with Gasteiger partial charge in [-0.2, -0.15) is 0 Å². The monoisotopic (exact) mass is 276 g/mol. The van der Waals surface area contributed by atoms with Crippen LogP contribution in [0.1, 0.15) is 26.5 Å². The third-order valence-corrected chi connectivity index (χ3v) is 2.91. The molecule has 78 valence electrons. The van der Waals surface area contributed by atoms with Crippen LogP contribution in [0.3, 0.4) is 0 Å². The molecule has 0 saturated carbocycles. The van der Waals surface area contributed by atoms with E-state index < -0.39 is 0 Å². The Balaban J connectivity index is 2.74. The number of hydrogen-bond donors (Lipinski definition) is 1. The second-order valence-electron chi connectivity index (χ2n) is 3.97. The number of nitrogens with one attached hydrogen (secondary N) is 1.